The summed E-state index contributed by atoms with van der Waals surface area (Å²) in [6.07, 6.45) is 5.70. The fourth-order valence-electron chi connectivity index (χ4n) is 2.65. The van der Waals surface area contributed by atoms with Crippen LogP contribution < -0.4 is 22.3 Å². The Morgan fingerprint density at radius 3 is 2.86 bits per heavy atom. The van der Waals surface area contributed by atoms with Gasteiger partial charge in [0, 0.05) is 30.2 Å². The van der Waals surface area contributed by atoms with Crippen LogP contribution in [0.4, 0.5) is 0 Å². The number of nitrogens with one attached hydrogen (secondary N) is 1. The molecule has 0 spiro atoms. The predicted octanol–water partition coefficient (Wildman–Crippen LogP) is -0.386. The first-order valence-corrected chi connectivity index (χ1v) is 8.81. The molecule has 10 heteroatoms. The lowest BCUT2D eigenvalue weighted by molar-refractivity contribution is -0.122. The Balaban J connectivity index is 2.02. The molecular weight excluding hydrogens is 362 g/mol. The van der Waals surface area contributed by atoms with Crippen molar-refractivity contribution in [2.75, 3.05) is 13.2 Å². The van der Waals surface area contributed by atoms with Crippen molar-refractivity contribution in [3.05, 3.63) is 58.0 Å². The molecule has 0 aliphatic heterocycles. The number of carbonyl (C=O) groups excluding carboxylic acids is 1. The Labute approximate surface area is 162 Å². The van der Waals surface area contributed by atoms with Crippen molar-refractivity contribution < 1.29 is 9.63 Å². The third-order valence-electron chi connectivity index (χ3n) is 4.00. The van der Waals surface area contributed by atoms with Gasteiger partial charge < -0.3 is 26.2 Å². The lowest BCUT2D eigenvalue weighted by atomic mass is 9.99. The van der Waals surface area contributed by atoms with Crippen molar-refractivity contribution in [2.45, 2.75) is 32.7 Å². The highest BCUT2D eigenvalue weighted by molar-refractivity contribution is 5.76. The number of hydrogen-bond donors (Lipinski definition) is 3. The van der Waals surface area contributed by atoms with Crippen molar-refractivity contribution >= 4 is 11.9 Å². The standard InChI is InChI=1S/C18H25N7O3/c1-12(8-14-4-3-5-21-10-14)16-17(27)25(13(2)9-23-16)11-15(26)22-6-7-28-24-18(19)20/h3-5,9-10,12H,6-8,11H2,1-2H3,(H,22,26)(H4,19,20,24). The average molecular weight is 387 g/mol. The van der Waals surface area contributed by atoms with Crippen molar-refractivity contribution in [1.82, 2.24) is 19.9 Å². The third kappa shape index (κ3) is 6.08. The van der Waals surface area contributed by atoms with Crippen molar-refractivity contribution in [1.29, 1.82) is 0 Å². The maximum atomic E-state index is 12.8. The van der Waals surface area contributed by atoms with Gasteiger partial charge in [-0.15, -0.1) is 0 Å². The quantitative estimate of drug-likeness (QED) is 0.229. The highest BCUT2D eigenvalue weighted by Gasteiger charge is 2.17. The van der Waals surface area contributed by atoms with Crippen LogP contribution in [-0.2, 0) is 22.6 Å². The Bertz CT molecular complexity index is 876. The number of guanidine groups is 1. The van der Waals surface area contributed by atoms with Crippen molar-refractivity contribution in [2.24, 2.45) is 16.6 Å². The molecule has 0 bridgehead atoms. The lowest BCUT2D eigenvalue weighted by Crippen LogP contribution is -2.36. The van der Waals surface area contributed by atoms with Crippen LogP contribution in [0.1, 0.15) is 29.8 Å². The molecule has 1 atom stereocenters. The van der Waals surface area contributed by atoms with Crippen LogP contribution in [-0.4, -0.2) is 39.6 Å². The number of aryl methyl sites for hydroxylation is 1. The summed E-state index contributed by atoms with van der Waals surface area (Å²) >= 11 is 0. The predicted molar refractivity (Wildman–Crippen MR) is 104 cm³/mol. The molecule has 10 nitrogen and oxygen atoms in total. The van der Waals surface area contributed by atoms with Crippen LogP contribution in [0, 0.1) is 6.92 Å². The fraction of sp³-hybridized carbons (Fsp3) is 0.389. The summed E-state index contributed by atoms with van der Waals surface area (Å²) in [5.74, 6) is -0.631. The van der Waals surface area contributed by atoms with E-state index >= 15 is 0 Å². The number of hydrogen-bond acceptors (Lipinski definition) is 6. The van der Waals surface area contributed by atoms with Gasteiger partial charge in [-0.05, 0) is 30.1 Å². The number of pyridine rings is 1. The van der Waals surface area contributed by atoms with Crippen LogP contribution in [0.5, 0.6) is 0 Å². The normalized spacial score (nSPS) is 11.5. The number of rotatable bonds is 9. The Morgan fingerprint density at radius 2 is 2.18 bits per heavy atom. The van der Waals surface area contributed by atoms with E-state index in [2.05, 4.69) is 20.4 Å². The van der Waals surface area contributed by atoms with Crippen LogP contribution in [0.2, 0.25) is 0 Å². The van der Waals surface area contributed by atoms with Crippen LogP contribution in [0.25, 0.3) is 0 Å². The lowest BCUT2D eigenvalue weighted by Gasteiger charge is -2.15. The monoisotopic (exact) mass is 387 g/mol. The Kier molecular flexibility index (Phi) is 7.49. The molecule has 0 aliphatic rings. The molecule has 1 amide bonds. The first-order valence-electron chi connectivity index (χ1n) is 8.81. The molecule has 1 unspecified atom stereocenters. The highest BCUT2D eigenvalue weighted by Crippen LogP contribution is 2.15. The van der Waals surface area contributed by atoms with Gasteiger partial charge >= 0.3 is 0 Å². The summed E-state index contributed by atoms with van der Waals surface area (Å²) in [6, 6.07) is 3.80. The molecule has 2 aromatic heterocycles. The number of oxime groups is 1. The minimum atomic E-state index is -0.324. The molecule has 28 heavy (non-hydrogen) atoms. The van der Waals surface area contributed by atoms with Gasteiger partial charge in [0.1, 0.15) is 18.8 Å². The SMILES string of the molecule is Cc1cnc(C(C)Cc2cccnc2)c(=O)n1CC(=O)NCCON=C(N)N. The summed E-state index contributed by atoms with van der Waals surface area (Å²) < 4.78 is 1.41. The van der Waals surface area contributed by atoms with Gasteiger partial charge in [-0.2, -0.15) is 0 Å². The topological polar surface area (TPSA) is 151 Å². The van der Waals surface area contributed by atoms with Crippen LogP contribution in [0.15, 0.2) is 40.7 Å². The molecule has 0 aromatic carbocycles. The molecule has 2 aromatic rings. The number of carbonyl (C=O) groups is 1. The largest absolute Gasteiger partial charge is 0.391 e. The maximum Gasteiger partial charge on any atom is 0.273 e. The molecule has 5 N–H and O–H groups in total. The molecule has 2 rings (SSSR count). The molecule has 0 saturated heterocycles. The van der Waals surface area contributed by atoms with Gasteiger partial charge in [-0.25, -0.2) is 0 Å². The van der Waals surface area contributed by atoms with E-state index < -0.39 is 0 Å². The smallest absolute Gasteiger partial charge is 0.273 e. The molecule has 2 heterocycles. The molecular formula is C18H25N7O3. The van der Waals surface area contributed by atoms with Gasteiger partial charge in [-0.3, -0.25) is 19.6 Å². The zero-order valence-electron chi connectivity index (χ0n) is 16.0. The zero-order chi connectivity index (χ0) is 20.5. The van der Waals surface area contributed by atoms with E-state index in [1.807, 2.05) is 19.1 Å². The summed E-state index contributed by atoms with van der Waals surface area (Å²) in [4.78, 5) is 38.2. The molecule has 150 valence electrons. The Morgan fingerprint density at radius 1 is 1.39 bits per heavy atom. The van der Waals surface area contributed by atoms with Crippen LogP contribution in [0.3, 0.4) is 0 Å². The first kappa shape index (κ1) is 20.9. The van der Waals surface area contributed by atoms with Gasteiger partial charge in [0.2, 0.25) is 11.9 Å². The van der Waals surface area contributed by atoms with E-state index in [0.29, 0.717) is 17.8 Å². The van der Waals surface area contributed by atoms with E-state index in [4.69, 9.17) is 16.3 Å². The molecule has 0 radical (unpaired) electrons. The van der Waals surface area contributed by atoms with Gasteiger partial charge in [0.05, 0.1) is 6.54 Å². The Hall–Kier alpha value is -3.43. The van der Waals surface area contributed by atoms with Crippen molar-refractivity contribution in [3.8, 4) is 0 Å². The second-order valence-electron chi connectivity index (χ2n) is 6.34. The van der Waals surface area contributed by atoms with E-state index in [1.165, 1.54) is 4.57 Å². The van der Waals surface area contributed by atoms with Gasteiger partial charge in [-0.1, -0.05) is 13.0 Å². The minimum Gasteiger partial charge on any atom is -0.391 e. The third-order valence-corrected chi connectivity index (χ3v) is 4.00. The fourth-order valence-corrected chi connectivity index (χ4v) is 2.65. The van der Waals surface area contributed by atoms with E-state index in [-0.39, 0.29) is 43.0 Å². The first-order chi connectivity index (χ1) is 13.4. The number of nitrogens with zero attached hydrogens (tertiary/aromatic N) is 4. The summed E-state index contributed by atoms with van der Waals surface area (Å²) in [6.45, 7) is 3.87. The highest BCUT2D eigenvalue weighted by atomic mass is 16.6. The summed E-state index contributed by atoms with van der Waals surface area (Å²) in [5, 5.41) is 6.00. The zero-order valence-corrected chi connectivity index (χ0v) is 16.0. The van der Waals surface area contributed by atoms with E-state index in [1.54, 1.807) is 25.5 Å². The number of amides is 1. The summed E-state index contributed by atoms with van der Waals surface area (Å²) in [5.41, 5.74) is 12.0. The molecule has 0 saturated carbocycles. The second kappa shape index (κ2) is 10.0. The maximum absolute atomic E-state index is 12.8. The van der Waals surface area contributed by atoms with E-state index in [9.17, 15) is 9.59 Å². The van der Waals surface area contributed by atoms with Crippen LogP contribution >= 0.6 is 0 Å². The second-order valence-corrected chi connectivity index (χ2v) is 6.34. The molecule has 0 aliphatic carbocycles. The molecule has 0 fully saturated rings. The van der Waals surface area contributed by atoms with Gasteiger partial charge in [0.25, 0.3) is 5.56 Å². The van der Waals surface area contributed by atoms with E-state index in [0.717, 1.165) is 5.56 Å². The number of nitrogens with two attached hydrogens (primary N) is 2. The number of aromatic nitrogens is 3. The minimum absolute atomic E-state index is 0.109. The van der Waals surface area contributed by atoms with Gasteiger partial charge in [0.15, 0.2) is 0 Å². The average Bonchev–Trinajstić information content (AvgIpc) is 2.65. The van der Waals surface area contributed by atoms with Crippen molar-refractivity contribution in [3.63, 3.8) is 0 Å². The summed E-state index contributed by atoms with van der Waals surface area (Å²) in [7, 11) is 0.